The van der Waals surface area contributed by atoms with Gasteiger partial charge in [0.25, 0.3) is 5.91 Å². The van der Waals surface area contributed by atoms with Crippen molar-refractivity contribution in [2.75, 3.05) is 18.0 Å². The van der Waals surface area contributed by atoms with Gasteiger partial charge in [-0.05, 0) is 41.5 Å². The Hall–Kier alpha value is -3.62. The fraction of sp³-hybridized carbons (Fsp3) is 0.217. The molecule has 0 bridgehead atoms. The van der Waals surface area contributed by atoms with Gasteiger partial charge in [0.2, 0.25) is 5.88 Å². The Labute approximate surface area is 181 Å². The minimum absolute atomic E-state index is 0.103. The molecule has 166 valence electrons. The number of aromatic nitrogens is 1. The maximum Gasteiger partial charge on any atom is 0.417 e. The lowest BCUT2D eigenvalue weighted by Crippen LogP contribution is -2.27. The second-order valence-electron chi connectivity index (χ2n) is 7.46. The van der Waals surface area contributed by atoms with Crippen molar-refractivity contribution in [3.05, 3.63) is 77.7 Å². The van der Waals surface area contributed by atoms with E-state index in [2.05, 4.69) is 4.98 Å². The summed E-state index contributed by atoms with van der Waals surface area (Å²) in [7, 11) is 0. The number of ether oxygens (including phenoxy) is 1. The van der Waals surface area contributed by atoms with Gasteiger partial charge in [-0.3, -0.25) is 4.79 Å². The van der Waals surface area contributed by atoms with Crippen LogP contribution in [-0.4, -0.2) is 30.1 Å². The maximum absolute atomic E-state index is 13.2. The van der Waals surface area contributed by atoms with Gasteiger partial charge in [-0.2, -0.15) is 13.2 Å². The summed E-state index contributed by atoms with van der Waals surface area (Å²) in [6, 6.07) is 13.3. The molecule has 32 heavy (non-hydrogen) atoms. The summed E-state index contributed by atoms with van der Waals surface area (Å²) in [5.74, 6) is -0.851. The third-order valence-electron chi connectivity index (χ3n) is 5.28. The Kier molecular flexibility index (Phi) is 5.73. The number of benzene rings is 2. The second-order valence-corrected chi connectivity index (χ2v) is 7.46. The summed E-state index contributed by atoms with van der Waals surface area (Å²) in [6.45, 7) is 0.986. The number of amides is 1. The molecule has 1 aliphatic heterocycles. The van der Waals surface area contributed by atoms with Crippen molar-refractivity contribution in [2.45, 2.75) is 18.7 Å². The third-order valence-corrected chi connectivity index (χ3v) is 5.28. The number of nitrogens with zero attached hydrogens (tertiary/aromatic N) is 2. The zero-order chi connectivity index (χ0) is 22.9. The van der Waals surface area contributed by atoms with Gasteiger partial charge in [0.05, 0.1) is 17.7 Å². The summed E-state index contributed by atoms with van der Waals surface area (Å²) >= 11 is 0. The summed E-state index contributed by atoms with van der Waals surface area (Å²) in [6.07, 6.45) is -3.43. The van der Waals surface area contributed by atoms with E-state index in [0.717, 1.165) is 23.4 Å². The van der Waals surface area contributed by atoms with Gasteiger partial charge in [-0.1, -0.05) is 18.2 Å². The lowest BCUT2D eigenvalue weighted by atomic mass is 10.0. The molecule has 0 saturated carbocycles. The van der Waals surface area contributed by atoms with Gasteiger partial charge >= 0.3 is 6.18 Å². The van der Waals surface area contributed by atoms with Gasteiger partial charge < -0.3 is 15.4 Å². The summed E-state index contributed by atoms with van der Waals surface area (Å²) in [4.78, 5) is 17.8. The Bertz CT molecular complexity index is 1120. The van der Waals surface area contributed by atoms with E-state index < -0.39 is 17.6 Å². The minimum atomic E-state index is -4.46. The number of hydrogen-bond donors (Lipinski definition) is 1. The van der Waals surface area contributed by atoms with Crippen molar-refractivity contribution < 1.29 is 27.1 Å². The molecule has 5 nitrogen and oxygen atoms in total. The lowest BCUT2D eigenvalue weighted by molar-refractivity contribution is -0.137. The third kappa shape index (κ3) is 4.66. The highest BCUT2D eigenvalue weighted by Crippen LogP contribution is 2.32. The number of hydrogen-bond acceptors (Lipinski definition) is 4. The second kappa shape index (κ2) is 8.49. The van der Waals surface area contributed by atoms with Crippen LogP contribution in [0.3, 0.4) is 0 Å². The van der Waals surface area contributed by atoms with Crippen LogP contribution >= 0.6 is 0 Å². The molecule has 3 aromatic rings. The zero-order valence-corrected chi connectivity index (χ0v) is 16.8. The number of pyridine rings is 1. The van der Waals surface area contributed by atoms with Crippen LogP contribution in [0.25, 0.3) is 11.1 Å². The number of carbonyl (C=O) groups excluding carboxylic acids is 1. The molecule has 2 heterocycles. The van der Waals surface area contributed by atoms with Crippen LogP contribution in [0.15, 0.2) is 60.8 Å². The van der Waals surface area contributed by atoms with Crippen molar-refractivity contribution in [3.63, 3.8) is 0 Å². The smallest absolute Gasteiger partial charge is 0.417 e. The van der Waals surface area contributed by atoms with Crippen LogP contribution in [0.4, 0.5) is 23.2 Å². The summed E-state index contributed by atoms with van der Waals surface area (Å²) in [5.41, 5.74) is 7.19. The minimum Gasteiger partial charge on any atom is -0.472 e. The standard InChI is InChI=1S/C23H19F4N3O2/c24-17-5-1-14(2-6-17)15-3-7-20(19(11-15)22(28)31)30-10-9-18(13-30)32-21-8-4-16(12-29-21)23(25,26)27/h1-8,11-12,18H,9-10,13H2,(H2,28,31)/t18-/m0/s1. The van der Waals surface area contributed by atoms with Gasteiger partial charge in [0.1, 0.15) is 11.9 Å². The van der Waals surface area contributed by atoms with E-state index in [1.54, 1.807) is 24.3 Å². The molecule has 9 heteroatoms. The molecule has 2 N–H and O–H groups in total. The van der Waals surface area contributed by atoms with Crippen LogP contribution in [0.1, 0.15) is 22.3 Å². The van der Waals surface area contributed by atoms with Crippen molar-refractivity contribution in [2.24, 2.45) is 5.73 Å². The summed E-state index contributed by atoms with van der Waals surface area (Å²) < 4.78 is 57.0. The van der Waals surface area contributed by atoms with Crippen molar-refractivity contribution >= 4 is 11.6 Å². The molecule has 2 aromatic carbocycles. The van der Waals surface area contributed by atoms with Gasteiger partial charge in [-0.15, -0.1) is 0 Å². The fourth-order valence-corrected chi connectivity index (χ4v) is 3.66. The van der Waals surface area contributed by atoms with Crippen molar-refractivity contribution in [1.82, 2.24) is 4.98 Å². The van der Waals surface area contributed by atoms with Crippen LogP contribution < -0.4 is 15.4 Å². The first-order chi connectivity index (χ1) is 15.2. The molecule has 1 atom stereocenters. The van der Waals surface area contributed by atoms with E-state index >= 15 is 0 Å². The Morgan fingerprint density at radius 3 is 2.41 bits per heavy atom. The Morgan fingerprint density at radius 1 is 1.06 bits per heavy atom. The number of halogens is 4. The maximum atomic E-state index is 13.2. The number of anilines is 1. The molecule has 0 spiro atoms. The van der Waals surface area contributed by atoms with E-state index in [9.17, 15) is 22.4 Å². The molecule has 0 aliphatic carbocycles. The first-order valence-corrected chi connectivity index (χ1v) is 9.85. The van der Waals surface area contributed by atoms with E-state index in [1.165, 1.54) is 18.2 Å². The Balaban J connectivity index is 1.49. The number of primary amides is 1. The highest BCUT2D eigenvalue weighted by molar-refractivity contribution is 6.00. The number of alkyl halides is 3. The van der Waals surface area contributed by atoms with Gasteiger partial charge in [-0.25, -0.2) is 9.37 Å². The quantitative estimate of drug-likeness (QED) is 0.580. The van der Waals surface area contributed by atoms with Crippen LogP contribution in [0.5, 0.6) is 5.88 Å². The van der Waals surface area contributed by atoms with Crippen molar-refractivity contribution in [1.29, 1.82) is 0 Å². The van der Waals surface area contributed by atoms with Crippen LogP contribution in [-0.2, 0) is 6.18 Å². The van der Waals surface area contributed by atoms with Crippen molar-refractivity contribution in [3.8, 4) is 17.0 Å². The largest absolute Gasteiger partial charge is 0.472 e. The zero-order valence-electron chi connectivity index (χ0n) is 16.8. The molecule has 4 rings (SSSR count). The molecular formula is C23H19F4N3O2. The fourth-order valence-electron chi connectivity index (χ4n) is 3.66. The highest BCUT2D eigenvalue weighted by atomic mass is 19.4. The van der Waals surface area contributed by atoms with E-state index in [4.69, 9.17) is 10.5 Å². The van der Waals surface area contributed by atoms with Gasteiger partial charge in [0.15, 0.2) is 0 Å². The predicted molar refractivity (Wildman–Crippen MR) is 111 cm³/mol. The van der Waals surface area contributed by atoms with Crippen LogP contribution in [0.2, 0.25) is 0 Å². The van der Waals surface area contributed by atoms with Crippen LogP contribution in [0, 0.1) is 5.82 Å². The normalized spacial score (nSPS) is 16.2. The molecule has 1 fully saturated rings. The molecule has 0 unspecified atom stereocenters. The summed E-state index contributed by atoms with van der Waals surface area (Å²) in [5, 5.41) is 0. The van der Waals surface area contributed by atoms with Gasteiger partial charge in [0, 0.05) is 30.9 Å². The lowest BCUT2D eigenvalue weighted by Gasteiger charge is -2.22. The molecule has 1 saturated heterocycles. The molecule has 1 amide bonds. The first kappa shape index (κ1) is 21.6. The number of carbonyl (C=O) groups is 1. The number of nitrogens with two attached hydrogens (primary N) is 1. The highest BCUT2D eigenvalue weighted by Gasteiger charge is 2.31. The molecule has 1 aliphatic rings. The van der Waals surface area contributed by atoms with E-state index in [-0.39, 0.29) is 17.8 Å². The van der Waals surface area contributed by atoms with E-state index in [0.29, 0.717) is 30.8 Å². The molecule has 0 radical (unpaired) electrons. The topological polar surface area (TPSA) is 68.5 Å². The first-order valence-electron chi connectivity index (χ1n) is 9.85. The van der Waals surface area contributed by atoms with E-state index in [1.807, 2.05) is 11.0 Å². The average Bonchev–Trinajstić information content (AvgIpc) is 3.22. The molecular weight excluding hydrogens is 426 g/mol. The SMILES string of the molecule is NC(=O)c1cc(-c2ccc(F)cc2)ccc1N1CC[C@H](Oc2ccc(C(F)(F)F)cn2)C1. The average molecular weight is 445 g/mol. The molecule has 1 aromatic heterocycles. The Morgan fingerprint density at radius 2 is 1.78 bits per heavy atom. The monoisotopic (exact) mass is 445 g/mol. The predicted octanol–water partition coefficient (Wildman–Crippen LogP) is 4.66. The number of rotatable bonds is 5.